The highest BCUT2D eigenvalue weighted by atomic mass is 32.1. The van der Waals surface area contributed by atoms with E-state index < -0.39 is 5.97 Å². The highest BCUT2D eigenvalue weighted by Gasteiger charge is 2.26. The predicted octanol–water partition coefficient (Wildman–Crippen LogP) is 2.37. The molecule has 100 valence electrons. The highest BCUT2D eigenvalue weighted by Crippen LogP contribution is 2.26. The molecule has 1 saturated heterocycles. The molecule has 0 amide bonds. The molecule has 4 nitrogen and oxygen atoms in total. The van der Waals surface area contributed by atoms with Crippen LogP contribution in [0.2, 0.25) is 0 Å². The van der Waals surface area contributed by atoms with Gasteiger partial charge in [0.15, 0.2) is 0 Å². The molecule has 1 fully saturated rings. The van der Waals surface area contributed by atoms with Crippen molar-refractivity contribution in [3.05, 3.63) is 22.4 Å². The number of carboxylic acid groups (broad SMARTS) is 1. The van der Waals surface area contributed by atoms with Crippen molar-refractivity contribution in [1.29, 1.82) is 0 Å². The summed E-state index contributed by atoms with van der Waals surface area (Å²) in [5.41, 5.74) is 1.23. The summed E-state index contributed by atoms with van der Waals surface area (Å²) in [7, 11) is 0. The van der Waals surface area contributed by atoms with Gasteiger partial charge in [-0.25, -0.2) is 0 Å². The molecule has 0 spiro atoms. The van der Waals surface area contributed by atoms with Crippen LogP contribution in [0.25, 0.3) is 0 Å². The number of thiophene rings is 1. The molecule has 1 aromatic rings. The van der Waals surface area contributed by atoms with E-state index in [1.807, 2.05) is 0 Å². The molecule has 0 bridgehead atoms. The number of hydrogen-bond acceptors (Lipinski definition) is 4. The second-order valence-electron chi connectivity index (χ2n) is 4.75. The van der Waals surface area contributed by atoms with E-state index in [1.165, 1.54) is 5.56 Å². The van der Waals surface area contributed by atoms with Gasteiger partial charge >= 0.3 is 5.97 Å². The van der Waals surface area contributed by atoms with Gasteiger partial charge in [-0.1, -0.05) is 0 Å². The van der Waals surface area contributed by atoms with Crippen LogP contribution in [0, 0.1) is 0 Å². The molecule has 1 aliphatic rings. The average molecular weight is 269 g/mol. The maximum Gasteiger partial charge on any atom is 0.303 e. The number of morpholine rings is 1. The van der Waals surface area contributed by atoms with Crippen molar-refractivity contribution in [3.63, 3.8) is 0 Å². The molecule has 1 N–H and O–H groups in total. The van der Waals surface area contributed by atoms with E-state index in [0.717, 1.165) is 19.6 Å². The van der Waals surface area contributed by atoms with Crippen LogP contribution in [0.4, 0.5) is 0 Å². The fraction of sp³-hybridized carbons (Fsp3) is 0.615. The third kappa shape index (κ3) is 3.80. The lowest BCUT2D eigenvalue weighted by Gasteiger charge is -2.36. The van der Waals surface area contributed by atoms with Crippen molar-refractivity contribution in [2.24, 2.45) is 0 Å². The number of aliphatic carboxylic acids is 1. The minimum atomic E-state index is -0.717. The normalized spacial score (nSPS) is 25.2. The van der Waals surface area contributed by atoms with E-state index in [0.29, 0.717) is 6.42 Å². The van der Waals surface area contributed by atoms with Gasteiger partial charge in [0.1, 0.15) is 0 Å². The van der Waals surface area contributed by atoms with Gasteiger partial charge in [0.25, 0.3) is 0 Å². The van der Waals surface area contributed by atoms with Crippen LogP contribution in [-0.2, 0) is 9.53 Å². The Bertz CT molecular complexity index is 380. The van der Waals surface area contributed by atoms with E-state index >= 15 is 0 Å². The number of carboxylic acids is 1. The summed E-state index contributed by atoms with van der Waals surface area (Å²) in [4.78, 5) is 12.8. The topological polar surface area (TPSA) is 49.8 Å². The Hall–Kier alpha value is -0.910. The lowest BCUT2D eigenvalue weighted by molar-refractivity contribution is -0.137. The third-order valence-corrected chi connectivity index (χ3v) is 3.82. The molecular formula is C13H19NO3S. The van der Waals surface area contributed by atoms with Gasteiger partial charge in [-0.15, -0.1) is 0 Å². The number of ether oxygens (including phenoxy) is 1. The molecule has 2 rings (SSSR count). The first kappa shape index (κ1) is 13.5. The van der Waals surface area contributed by atoms with Gasteiger partial charge in [0.2, 0.25) is 0 Å². The summed E-state index contributed by atoms with van der Waals surface area (Å²) in [6.07, 6.45) is 1.28. The minimum absolute atomic E-state index is 0.129. The largest absolute Gasteiger partial charge is 0.481 e. The molecule has 0 unspecified atom stereocenters. The van der Waals surface area contributed by atoms with Crippen molar-refractivity contribution in [2.75, 3.05) is 19.6 Å². The van der Waals surface area contributed by atoms with Crippen LogP contribution in [0.3, 0.4) is 0 Å². The molecule has 0 radical (unpaired) electrons. The zero-order valence-corrected chi connectivity index (χ0v) is 11.4. The van der Waals surface area contributed by atoms with Gasteiger partial charge in [-0.2, -0.15) is 11.3 Å². The van der Waals surface area contributed by atoms with E-state index in [1.54, 1.807) is 11.3 Å². The summed E-state index contributed by atoms with van der Waals surface area (Å²) in [6.45, 7) is 4.66. The average Bonchev–Trinajstić information content (AvgIpc) is 2.81. The first-order valence-corrected chi connectivity index (χ1v) is 7.21. The summed E-state index contributed by atoms with van der Waals surface area (Å²) >= 11 is 1.68. The first-order valence-electron chi connectivity index (χ1n) is 6.27. The van der Waals surface area contributed by atoms with Gasteiger partial charge in [0, 0.05) is 19.5 Å². The standard InChI is InChI=1S/C13H19NO3S/c1-10-7-14(5-2-3-13(15)16)8-12(17-10)11-4-6-18-9-11/h4,6,9-10,12H,2-3,5,7-8H2,1H3,(H,15,16)/t10-,12+/m0/s1. The van der Waals surface area contributed by atoms with Gasteiger partial charge < -0.3 is 9.84 Å². The smallest absolute Gasteiger partial charge is 0.303 e. The number of hydrogen-bond donors (Lipinski definition) is 1. The fourth-order valence-electron chi connectivity index (χ4n) is 2.32. The van der Waals surface area contributed by atoms with Crippen molar-refractivity contribution in [3.8, 4) is 0 Å². The maximum absolute atomic E-state index is 10.5. The number of rotatable bonds is 5. The van der Waals surface area contributed by atoms with Crippen LogP contribution < -0.4 is 0 Å². The van der Waals surface area contributed by atoms with Crippen LogP contribution in [-0.4, -0.2) is 41.7 Å². The summed E-state index contributed by atoms with van der Waals surface area (Å²) in [5.74, 6) is -0.717. The Balaban J connectivity index is 1.86. The third-order valence-electron chi connectivity index (χ3n) is 3.12. The molecule has 2 heterocycles. The molecule has 0 aromatic carbocycles. The molecular weight excluding hydrogens is 250 g/mol. The summed E-state index contributed by atoms with van der Waals surface area (Å²) in [6, 6.07) is 2.10. The molecule has 2 atom stereocenters. The Morgan fingerprint density at radius 2 is 2.44 bits per heavy atom. The summed E-state index contributed by atoms with van der Waals surface area (Å²) < 4.78 is 5.94. The Kier molecular flexibility index (Phi) is 4.74. The Morgan fingerprint density at radius 3 is 3.11 bits per heavy atom. The quantitative estimate of drug-likeness (QED) is 0.891. The Morgan fingerprint density at radius 1 is 1.61 bits per heavy atom. The zero-order valence-electron chi connectivity index (χ0n) is 10.5. The van der Waals surface area contributed by atoms with E-state index in [9.17, 15) is 4.79 Å². The van der Waals surface area contributed by atoms with Crippen molar-refractivity contribution in [1.82, 2.24) is 4.90 Å². The second-order valence-corrected chi connectivity index (χ2v) is 5.53. The number of carbonyl (C=O) groups is 1. The van der Waals surface area contributed by atoms with E-state index in [-0.39, 0.29) is 18.6 Å². The van der Waals surface area contributed by atoms with Crippen molar-refractivity contribution >= 4 is 17.3 Å². The lowest BCUT2D eigenvalue weighted by atomic mass is 10.1. The molecule has 18 heavy (non-hydrogen) atoms. The predicted molar refractivity (Wildman–Crippen MR) is 70.9 cm³/mol. The van der Waals surface area contributed by atoms with Crippen LogP contribution >= 0.6 is 11.3 Å². The highest BCUT2D eigenvalue weighted by molar-refractivity contribution is 7.07. The van der Waals surface area contributed by atoms with Gasteiger partial charge in [0.05, 0.1) is 12.2 Å². The van der Waals surface area contributed by atoms with E-state index in [2.05, 4.69) is 28.7 Å². The van der Waals surface area contributed by atoms with Gasteiger partial charge in [-0.05, 0) is 42.3 Å². The monoisotopic (exact) mass is 269 g/mol. The minimum Gasteiger partial charge on any atom is -0.481 e. The second kappa shape index (κ2) is 6.31. The Labute approximate surface area is 111 Å². The van der Waals surface area contributed by atoms with Crippen LogP contribution in [0.15, 0.2) is 16.8 Å². The fourth-order valence-corrected chi connectivity index (χ4v) is 3.02. The van der Waals surface area contributed by atoms with Crippen molar-refractivity contribution < 1.29 is 14.6 Å². The zero-order chi connectivity index (χ0) is 13.0. The molecule has 1 aromatic heterocycles. The number of nitrogens with zero attached hydrogens (tertiary/aromatic N) is 1. The molecule has 1 aliphatic heterocycles. The molecule has 5 heteroatoms. The van der Waals surface area contributed by atoms with Gasteiger partial charge in [-0.3, -0.25) is 9.69 Å². The molecule has 0 aliphatic carbocycles. The van der Waals surface area contributed by atoms with Crippen molar-refractivity contribution in [2.45, 2.75) is 32.0 Å². The van der Waals surface area contributed by atoms with Crippen LogP contribution in [0.5, 0.6) is 0 Å². The van der Waals surface area contributed by atoms with Crippen LogP contribution in [0.1, 0.15) is 31.4 Å². The molecule has 0 saturated carbocycles. The summed E-state index contributed by atoms with van der Waals surface area (Å²) in [5, 5.41) is 12.8. The van der Waals surface area contributed by atoms with E-state index in [4.69, 9.17) is 9.84 Å². The SMILES string of the molecule is C[C@H]1CN(CCCC(=O)O)C[C@H](c2ccsc2)O1. The lowest BCUT2D eigenvalue weighted by Crippen LogP contribution is -2.43. The first-order chi connectivity index (χ1) is 8.65. The maximum atomic E-state index is 10.5.